The standard InChI is InChI=1S/C16H32O/c1-16(2,3)14-12-10-8-6-4-5-7-9-11-13-15-17/h10,12,17H,4-9,11,13-15H2,1-3H3/b12-10-. The summed E-state index contributed by atoms with van der Waals surface area (Å²) < 4.78 is 0. The molecule has 102 valence electrons. The van der Waals surface area contributed by atoms with Gasteiger partial charge in [-0.3, -0.25) is 0 Å². The molecule has 0 fully saturated rings. The van der Waals surface area contributed by atoms with Gasteiger partial charge in [-0.05, 0) is 31.1 Å². The second-order valence-electron chi connectivity index (χ2n) is 6.22. The van der Waals surface area contributed by atoms with E-state index >= 15 is 0 Å². The van der Waals surface area contributed by atoms with Gasteiger partial charge in [0.2, 0.25) is 0 Å². The van der Waals surface area contributed by atoms with Crippen molar-refractivity contribution in [1.29, 1.82) is 0 Å². The molecule has 0 bridgehead atoms. The monoisotopic (exact) mass is 240 g/mol. The normalized spacial score (nSPS) is 12.5. The summed E-state index contributed by atoms with van der Waals surface area (Å²) in [6, 6.07) is 0. The average Bonchev–Trinajstić information content (AvgIpc) is 2.24. The van der Waals surface area contributed by atoms with Crippen LogP contribution in [0.5, 0.6) is 0 Å². The number of allylic oxidation sites excluding steroid dienone is 2. The summed E-state index contributed by atoms with van der Waals surface area (Å²) in [5, 5.41) is 8.64. The summed E-state index contributed by atoms with van der Waals surface area (Å²) in [5.41, 5.74) is 0.434. The Morgan fingerprint density at radius 2 is 1.29 bits per heavy atom. The fraction of sp³-hybridized carbons (Fsp3) is 0.875. The van der Waals surface area contributed by atoms with Gasteiger partial charge in [0.15, 0.2) is 0 Å². The van der Waals surface area contributed by atoms with E-state index in [1.807, 2.05) is 0 Å². The van der Waals surface area contributed by atoms with Crippen LogP contribution >= 0.6 is 0 Å². The Labute approximate surface area is 108 Å². The minimum Gasteiger partial charge on any atom is -0.396 e. The molecule has 1 heteroatoms. The van der Waals surface area contributed by atoms with Gasteiger partial charge in [0, 0.05) is 6.61 Å². The number of unbranched alkanes of at least 4 members (excludes halogenated alkanes) is 7. The first-order chi connectivity index (χ1) is 8.06. The molecule has 0 aliphatic heterocycles. The molecular weight excluding hydrogens is 208 g/mol. The van der Waals surface area contributed by atoms with Crippen LogP contribution < -0.4 is 0 Å². The second kappa shape index (κ2) is 10.8. The van der Waals surface area contributed by atoms with Gasteiger partial charge in [-0.25, -0.2) is 0 Å². The molecule has 0 atom stereocenters. The van der Waals surface area contributed by atoms with Crippen molar-refractivity contribution in [3.8, 4) is 0 Å². The minimum absolute atomic E-state index is 0.360. The van der Waals surface area contributed by atoms with Crippen LogP contribution in [0, 0.1) is 5.41 Å². The first-order valence-electron chi connectivity index (χ1n) is 7.32. The molecule has 0 aliphatic carbocycles. The Hall–Kier alpha value is -0.300. The fourth-order valence-corrected chi connectivity index (χ4v) is 1.81. The molecule has 1 N–H and O–H groups in total. The molecule has 0 radical (unpaired) electrons. The smallest absolute Gasteiger partial charge is 0.0431 e. The van der Waals surface area contributed by atoms with Gasteiger partial charge >= 0.3 is 0 Å². The van der Waals surface area contributed by atoms with Gasteiger partial charge in [-0.1, -0.05) is 65.0 Å². The largest absolute Gasteiger partial charge is 0.396 e. The van der Waals surface area contributed by atoms with Crippen LogP contribution in [0.25, 0.3) is 0 Å². The lowest BCUT2D eigenvalue weighted by Gasteiger charge is -2.14. The third-order valence-corrected chi connectivity index (χ3v) is 2.93. The predicted octanol–water partition coefficient (Wildman–Crippen LogP) is 5.09. The molecule has 0 saturated heterocycles. The van der Waals surface area contributed by atoms with Crippen molar-refractivity contribution in [1.82, 2.24) is 0 Å². The summed E-state index contributed by atoms with van der Waals surface area (Å²) in [6.07, 6.45) is 16.0. The zero-order valence-electron chi connectivity index (χ0n) is 12.2. The van der Waals surface area contributed by atoms with E-state index in [2.05, 4.69) is 32.9 Å². The Kier molecular flexibility index (Phi) is 10.6. The number of hydrogen-bond acceptors (Lipinski definition) is 1. The lowest BCUT2D eigenvalue weighted by molar-refractivity contribution is 0.282. The molecule has 0 rings (SSSR count). The molecular formula is C16H32O. The molecule has 0 aromatic heterocycles. The third-order valence-electron chi connectivity index (χ3n) is 2.93. The van der Waals surface area contributed by atoms with Crippen LogP contribution in [0.4, 0.5) is 0 Å². The van der Waals surface area contributed by atoms with Crippen molar-refractivity contribution in [2.75, 3.05) is 6.61 Å². The second-order valence-corrected chi connectivity index (χ2v) is 6.22. The van der Waals surface area contributed by atoms with E-state index in [9.17, 15) is 0 Å². The SMILES string of the molecule is CC(C)(C)C/C=C\CCCCCCCCCO. The first-order valence-corrected chi connectivity index (χ1v) is 7.32. The molecule has 0 aromatic rings. The lowest BCUT2D eigenvalue weighted by Crippen LogP contribution is -2.01. The zero-order valence-corrected chi connectivity index (χ0v) is 12.2. The molecule has 17 heavy (non-hydrogen) atoms. The molecule has 0 unspecified atom stereocenters. The maximum absolute atomic E-state index is 8.64. The Morgan fingerprint density at radius 1 is 0.765 bits per heavy atom. The molecule has 0 heterocycles. The van der Waals surface area contributed by atoms with E-state index in [0.717, 1.165) is 6.42 Å². The molecule has 1 nitrogen and oxygen atoms in total. The van der Waals surface area contributed by atoms with Crippen molar-refractivity contribution >= 4 is 0 Å². The quantitative estimate of drug-likeness (QED) is 0.416. The van der Waals surface area contributed by atoms with Crippen LogP contribution in [0.3, 0.4) is 0 Å². The summed E-state index contributed by atoms with van der Waals surface area (Å²) in [6.45, 7) is 7.20. The van der Waals surface area contributed by atoms with E-state index in [4.69, 9.17) is 5.11 Å². The highest BCUT2D eigenvalue weighted by Crippen LogP contribution is 2.19. The van der Waals surface area contributed by atoms with Gasteiger partial charge in [0.05, 0.1) is 0 Å². The average molecular weight is 240 g/mol. The van der Waals surface area contributed by atoms with E-state index in [1.165, 1.54) is 51.4 Å². The maximum Gasteiger partial charge on any atom is 0.0431 e. The number of rotatable bonds is 10. The number of aliphatic hydroxyl groups excluding tert-OH is 1. The molecule has 0 spiro atoms. The summed E-state index contributed by atoms with van der Waals surface area (Å²) >= 11 is 0. The predicted molar refractivity (Wildman–Crippen MR) is 77.2 cm³/mol. The first kappa shape index (κ1) is 16.7. The highest BCUT2D eigenvalue weighted by atomic mass is 16.2. The Morgan fingerprint density at radius 3 is 1.82 bits per heavy atom. The van der Waals surface area contributed by atoms with Gasteiger partial charge < -0.3 is 5.11 Å². The summed E-state index contributed by atoms with van der Waals surface area (Å²) in [7, 11) is 0. The van der Waals surface area contributed by atoms with E-state index in [1.54, 1.807) is 0 Å². The fourth-order valence-electron chi connectivity index (χ4n) is 1.81. The van der Waals surface area contributed by atoms with Crippen LogP contribution in [0.15, 0.2) is 12.2 Å². The van der Waals surface area contributed by atoms with Crippen LogP contribution in [-0.4, -0.2) is 11.7 Å². The van der Waals surface area contributed by atoms with Crippen LogP contribution in [0.1, 0.15) is 78.6 Å². The van der Waals surface area contributed by atoms with Gasteiger partial charge in [-0.15, -0.1) is 0 Å². The van der Waals surface area contributed by atoms with E-state index < -0.39 is 0 Å². The van der Waals surface area contributed by atoms with Gasteiger partial charge in [0.25, 0.3) is 0 Å². The van der Waals surface area contributed by atoms with E-state index in [-0.39, 0.29) is 0 Å². The maximum atomic E-state index is 8.64. The molecule has 0 aliphatic rings. The highest BCUT2D eigenvalue weighted by Gasteiger charge is 2.05. The van der Waals surface area contributed by atoms with Gasteiger partial charge in [0.1, 0.15) is 0 Å². The topological polar surface area (TPSA) is 20.2 Å². The van der Waals surface area contributed by atoms with Crippen molar-refractivity contribution in [2.24, 2.45) is 5.41 Å². The molecule has 0 aromatic carbocycles. The lowest BCUT2D eigenvalue weighted by atomic mass is 9.92. The zero-order chi connectivity index (χ0) is 13.0. The third kappa shape index (κ3) is 15.7. The summed E-state index contributed by atoms with van der Waals surface area (Å²) in [4.78, 5) is 0. The van der Waals surface area contributed by atoms with Crippen molar-refractivity contribution in [3.05, 3.63) is 12.2 Å². The Bertz CT molecular complexity index is 176. The molecule has 0 amide bonds. The highest BCUT2D eigenvalue weighted by molar-refractivity contribution is 4.85. The number of aliphatic hydroxyl groups is 1. The van der Waals surface area contributed by atoms with Crippen LogP contribution in [0.2, 0.25) is 0 Å². The summed E-state index contributed by atoms with van der Waals surface area (Å²) in [5.74, 6) is 0. The number of hydrogen-bond donors (Lipinski definition) is 1. The van der Waals surface area contributed by atoms with Crippen molar-refractivity contribution < 1.29 is 5.11 Å². The van der Waals surface area contributed by atoms with E-state index in [0.29, 0.717) is 12.0 Å². The van der Waals surface area contributed by atoms with Crippen molar-refractivity contribution in [2.45, 2.75) is 78.6 Å². The minimum atomic E-state index is 0.360. The van der Waals surface area contributed by atoms with Crippen LogP contribution in [-0.2, 0) is 0 Å². The van der Waals surface area contributed by atoms with Gasteiger partial charge in [-0.2, -0.15) is 0 Å². The Balaban J connectivity index is 3.13. The molecule has 0 saturated carbocycles. The van der Waals surface area contributed by atoms with Crippen molar-refractivity contribution in [3.63, 3.8) is 0 Å².